The van der Waals surface area contributed by atoms with Crippen molar-refractivity contribution in [2.45, 2.75) is 39.8 Å². The summed E-state index contributed by atoms with van der Waals surface area (Å²) in [6.07, 6.45) is 0.680. The molecule has 0 fully saturated rings. The number of fused-ring (bicyclic) bond motifs is 1. The van der Waals surface area contributed by atoms with Gasteiger partial charge in [-0.05, 0) is 67.1 Å². The third-order valence-corrected chi connectivity index (χ3v) is 5.78. The van der Waals surface area contributed by atoms with Gasteiger partial charge < -0.3 is 30.3 Å². The summed E-state index contributed by atoms with van der Waals surface area (Å²) in [5, 5.41) is 14.1. The lowest BCUT2D eigenvalue weighted by atomic mass is 9.94. The van der Waals surface area contributed by atoms with Gasteiger partial charge in [-0.3, -0.25) is 4.79 Å². The molecule has 4 rings (SSSR count). The van der Waals surface area contributed by atoms with Gasteiger partial charge in [0, 0.05) is 28.6 Å². The van der Waals surface area contributed by atoms with Gasteiger partial charge >= 0.3 is 0 Å². The first-order chi connectivity index (χ1) is 17.1. The van der Waals surface area contributed by atoms with Crippen LogP contribution in [0.2, 0.25) is 0 Å². The van der Waals surface area contributed by atoms with Gasteiger partial charge in [-0.2, -0.15) is 0 Å². The van der Waals surface area contributed by atoms with E-state index in [2.05, 4.69) is 10.6 Å². The molecule has 0 bridgehead atoms. The first kappa shape index (κ1) is 25.0. The topological polar surface area (TPSA) is 92.7 Å². The van der Waals surface area contributed by atoms with Crippen molar-refractivity contribution in [2.24, 2.45) is 5.41 Å². The second kappa shape index (κ2) is 10.3. The molecule has 2 atom stereocenters. The molecule has 1 aliphatic heterocycles. The summed E-state index contributed by atoms with van der Waals surface area (Å²) in [5.74, 6) is 1.39. The number of nitrogens with one attached hydrogen (secondary N) is 3. The van der Waals surface area contributed by atoms with E-state index in [-0.39, 0.29) is 24.6 Å². The largest absolute Gasteiger partial charge is 0.484 e. The van der Waals surface area contributed by atoms with Crippen molar-refractivity contribution in [3.8, 4) is 17.2 Å². The number of anilines is 2. The van der Waals surface area contributed by atoms with Crippen LogP contribution >= 0.6 is 0 Å². The van der Waals surface area contributed by atoms with Crippen LogP contribution in [0.4, 0.5) is 15.8 Å². The molecule has 0 aromatic heterocycles. The number of hydrogen-bond donors (Lipinski definition) is 3. The van der Waals surface area contributed by atoms with Crippen LogP contribution in [-0.4, -0.2) is 25.0 Å². The molecule has 36 heavy (non-hydrogen) atoms. The van der Waals surface area contributed by atoms with E-state index in [1.165, 1.54) is 18.3 Å². The van der Waals surface area contributed by atoms with Crippen LogP contribution in [0, 0.1) is 16.6 Å². The number of carbonyl (C=O) groups excluding carboxylic acids is 1. The zero-order chi connectivity index (χ0) is 25.9. The molecule has 0 saturated carbocycles. The SMILES string of the molecule is CC(NC(=O)C(C)(C)C)[C@H](Oc1ccc(Nc2ccc(F)cc2)c(C=N)c1)c1ccc2c(c1)OCO2. The number of amides is 1. The Kier molecular flexibility index (Phi) is 7.15. The Balaban J connectivity index is 1.61. The monoisotopic (exact) mass is 491 g/mol. The minimum absolute atomic E-state index is 0.0941. The molecule has 188 valence electrons. The fourth-order valence-electron chi connectivity index (χ4n) is 3.73. The Labute approximate surface area is 210 Å². The molecule has 1 aliphatic rings. The maximum Gasteiger partial charge on any atom is 0.231 e. The molecular formula is C28H30FN3O4. The summed E-state index contributed by atoms with van der Waals surface area (Å²) < 4.78 is 30.6. The number of rotatable bonds is 8. The van der Waals surface area contributed by atoms with Crippen LogP contribution in [-0.2, 0) is 4.79 Å². The highest BCUT2D eigenvalue weighted by atomic mass is 19.1. The first-order valence-electron chi connectivity index (χ1n) is 11.7. The van der Waals surface area contributed by atoms with E-state index in [4.69, 9.17) is 19.6 Å². The van der Waals surface area contributed by atoms with Crippen molar-refractivity contribution in [3.05, 3.63) is 77.6 Å². The summed E-state index contributed by atoms with van der Waals surface area (Å²) >= 11 is 0. The Morgan fingerprint density at radius 3 is 2.47 bits per heavy atom. The van der Waals surface area contributed by atoms with Crippen LogP contribution in [0.3, 0.4) is 0 Å². The molecule has 8 heteroatoms. The number of halogens is 1. The third-order valence-electron chi connectivity index (χ3n) is 5.78. The lowest BCUT2D eigenvalue weighted by Gasteiger charge is -2.29. The third kappa shape index (κ3) is 5.76. The Hall–Kier alpha value is -4.07. The van der Waals surface area contributed by atoms with Crippen LogP contribution in [0.25, 0.3) is 0 Å². The molecule has 1 unspecified atom stereocenters. The predicted molar refractivity (Wildman–Crippen MR) is 137 cm³/mol. The summed E-state index contributed by atoms with van der Waals surface area (Å²) in [7, 11) is 0. The van der Waals surface area contributed by atoms with Gasteiger partial charge in [0.2, 0.25) is 12.7 Å². The minimum Gasteiger partial charge on any atom is -0.484 e. The zero-order valence-electron chi connectivity index (χ0n) is 20.7. The second-order valence-electron chi connectivity index (χ2n) is 9.69. The molecule has 1 amide bonds. The summed E-state index contributed by atoms with van der Waals surface area (Å²) in [6, 6.07) is 16.5. The normalized spacial score (nSPS) is 14.0. The quantitative estimate of drug-likeness (QED) is 0.338. The Morgan fingerprint density at radius 2 is 1.78 bits per heavy atom. The number of carbonyl (C=O) groups is 1. The van der Waals surface area contributed by atoms with Gasteiger partial charge in [0.15, 0.2) is 11.5 Å². The number of ether oxygens (including phenoxy) is 3. The lowest BCUT2D eigenvalue weighted by Crippen LogP contribution is -2.44. The fourth-order valence-corrected chi connectivity index (χ4v) is 3.73. The van der Waals surface area contributed by atoms with Gasteiger partial charge in [0.05, 0.1) is 6.04 Å². The first-order valence-corrected chi connectivity index (χ1v) is 11.7. The zero-order valence-corrected chi connectivity index (χ0v) is 20.7. The van der Waals surface area contributed by atoms with E-state index in [0.29, 0.717) is 34.2 Å². The average Bonchev–Trinajstić information content (AvgIpc) is 3.32. The Bertz CT molecular complexity index is 1250. The van der Waals surface area contributed by atoms with E-state index < -0.39 is 11.5 Å². The summed E-state index contributed by atoms with van der Waals surface area (Å²) in [5.41, 5.74) is 2.22. The molecular weight excluding hydrogens is 461 g/mol. The lowest BCUT2D eigenvalue weighted by molar-refractivity contribution is -0.129. The summed E-state index contributed by atoms with van der Waals surface area (Å²) in [6.45, 7) is 7.62. The van der Waals surface area contributed by atoms with E-state index >= 15 is 0 Å². The van der Waals surface area contributed by atoms with Crippen LogP contribution in [0.15, 0.2) is 60.7 Å². The van der Waals surface area contributed by atoms with Gasteiger partial charge in [0.1, 0.15) is 17.7 Å². The van der Waals surface area contributed by atoms with Gasteiger partial charge in [-0.1, -0.05) is 26.8 Å². The second-order valence-corrected chi connectivity index (χ2v) is 9.69. The smallest absolute Gasteiger partial charge is 0.231 e. The van der Waals surface area contributed by atoms with Crippen molar-refractivity contribution in [1.29, 1.82) is 5.41 Å². The maximum atomic E-state index is 13.2. The maximum absolute atomic E-state index is 13.2. The van der Waals surface area contributed by atoms with Crippen molar-refractivity contribution < 1.29 is 23.4 Å². The van der Waals surface area contributed by atoms with Crippen LogP contribution in [0.5, 0.6) is 17.2 Å². The highest BCUT2D eigenvalue weighted by Gasteiger charge is 2.29. The van der Waals surface area contributed by atoms with E-state index in [1.54, 1.807) is 30.3 Å². The highest BCUT2D eigenvalue weighted by molar-refractivity contribution is 5.88. The minimum atomic E-state index is -0.561. The van der Waals surface area contributed by atoms with Crippen molar-refractivity contribution in [1.82, 2.24) is 5.32 Å². The highest BCUT2D eigenvalue weighted by Crippen LogP contribution is 2.37. The van der Waals surface area contributed by atoms with Gasteiger partial charge in [-0.25, -0.2) is 4.39 Å². The predicted octanol–water partition coefficient (Wildman–Crippen LogP) is 5.97. The average molecular weight is 492 g/mol. The van der Waals surface area contributed by atoms with Crippen molar-refractivity contribution in [3.63, 3.8) is 0 Å². The molecule has 0 aliphatic carbocycles. The molecule has 0 spiro atoms. The molecule has 1 heterocycles. The molecule has 3 N–H and O–H groups in total. The number of benzene rings is 3. The molecule has 0 saturated heterocycles. The van der Waals surface area contributed by atoms with E-state index in [0.717, 1.165) is 5.56 Å². The van der Waals surface area contributed by atoms with Crippen LogP contribution in [0.1, 0.15) is 44.9 Å². The standard InChI is InChI=1S/C28H30FN3O4/c1-17(31-27(33)28(2,3)4)26(18-5-12-24-25(14-18)35-16-34-24)36-22-10-11-23(19(13-22)15-30)32-21-8-6-20(29)7-9-21/h5-15,17,26,30,32H,16H2,1-4H3,(H,31,33)/t17?,26-/m0/s1. The number of hydrogen-bond acceptors (Lipinski definition) is 6. The molecule has 3 aromatic rings. The van der Waals surface area contributed by atoms with Crippen LogP contribution < -0.4 is 24.8 Å². The fraction of sp³-hybridized carbons (Fsp3) is 0.286. The van der Waals surface area contributed by atoms with Gasteiger partial charge in [-0.15, -0.1) is 0 Å². The Morgan fingerprint density at radius 1 is 1.06 bits per heavy atom. The molecule has 3 aromatic carbocycles. The van der Waals surface area contributed by atoms with Crippen molar-refractivity contribution in [2.75, 3.05) is 12.1 Å². The van der Waals surface area contributed by atoms with E-state index in [9.17, 15) is 9.18 Å². The van der Waals surface area contributed by atoms with Crippen molar-refractivity contribution >= 4 is 23.5 Å². The summed E-state index contributed by atoms with van der Waals surface area (Å²) in [4.78, 5) is 12.7. The molecule has 7 nitrogen and oxygen atoms in total. The van der Waals surface area contributed by atoms with Gasteiger partial charge in [0.25, 0.3) is 0 Å². The molecule has 0 radical (unpaired) electrons. The van der Waals surface area contributed by atoms with E-state index in [1.807, 2.05) is 45.9 Å².